The standard InChI is InChI=1S/C9H15NO2/c1-3-8-9(12)5-4-6-10(8)7(2)11/h3,8-9,12H,1,4-6H2,2H3/t8-,9+/m0/s1. The summed E-state index contributed by atoms with van der Waals surface area (Å²) in [6, 6.07) is -0.184. The van der Waals surface area contributed by atoms with E-state index in [4.69, 9.17) is 0 Å². The SMILES string of the molecule is C=C[C@H]1[C@H](O)CCCN1C(C)=O. The third-order valence-electron chi connectivity index (χ3n) is 2.30. The topological polar surface area (TPSA) is 40.5 Å². The van der Waals surface area contributed by atoms with Crippen molar-refractivity contribution in [3.05, 3.63) is 12.7 Å². The molecule has 0 spiro atoms. The number of rotatable bonds is 1. The summed E-state index contributed by atoms with van der Waals surface area (Å²) in [4.78, 5) is 12.7. The second-order valence-corrected chi connectivity index (χ2v) is 3.15. The highest BCUT2D eigenvalue weighted by molar-refractivity contribution is 5.74. The van der Waals surface area contributed by atoms with Crippen molar-refractivity contribution in [2.75, 3.05) is 6.54 Å². The van der Waals surface area contributed by atoms with E-state index in [1.54, 1.807) is 11.0 Å². The second-order valence-electron chi connectivity index (χ2n) is 3.15. The van der Waals surface area contributed by atoms with Gasteiger partial charge in [-0.2, -0.15) is 0 Å². The lowest BCUT2D eigenvalue weighted by atomic mass is 9.99. The van der Waals surface area contributed by atoms with Crippen LogP contribution in [0, 0.1) is 0 Å². The molecule has 12 heavy (non-hydrogen) atoms. The Morgan fingerprint density at radius 3 is 2.83 bits per heavy atom. The molecule has 1 N–H and O–H groups in total. The van der Waals surface area contributed by atoms with Crippen molar-refractivity contribution >= 4 is 5.91 Å². The molecule has 0 aromatic heterocycles. The lowest BCUT2D eigenvalue weighted by molar-refractivity contribution is -0.134. The van der Waals surface area contributed by atoms with Crippen LogP contribution in [0.3, 0.4) is 0 Å². The Morgan fingerprint density at radius 2 is 2.42 bits per heavy atom. The highest BCUT2D eigenvalue weighted by Gasteiger charge is 2.28. The average Bonchev–Trinajstić information content (AvgIpc) is 2.03. The van der Waals surface area contributed by atoms with Crippen LogP contribution < -0.4 is 0 Å². The maximum Gasteiger partial charge on any atom is 0.220 e. The van der Waals surface area contributed by atoms with E-state index in [1.165, 1.54) is 6.92 Å². The summed E-state index contributed by atoms with van der Waals surface area (Å²) in [7, 11) is 0. The first-order chi connectivity index (χ1) is 5.66. The Bertz CT molecular complexity index is 191. The maximum absolute atomic E-state index is 11.1. The van der Waals surface area contributed by atoms with Crippen molar-refractivity contribution in [1.29, 1.82) is 0 Å². The zero-order valence-electron chi connectivity index (χ0n) is 7.36. The molecule has 0 aromatic rings. The number of nitrogens with zero attached hydrogens (tertiary/aromatic N) is 1. The fraction of sp³-hybridized carbons (Fsp3) is 0.667. The first kappa shape index (κ1) is 9.26. The molecule has 1 aliphatic rings. The third kappa shape index (κ3) is 1.67. The minimum atomic E-state index is -0.430. The lowest BCUT2D eigenvalue weighted by Gasteiger charge is -2.36. The predicted octanol–water partition coefficient (Wildman–Crippen LogP) is 0.544. The van der Waals surface area contributed by atoms with Crippen LogP contribution in [0.2, 0.25) is 0 Å². The van der Waals surface area contributed by atoms with Gasteiger partial charge in [0, 0.05) is 13.5 Å². The normalized spacial score (nSPS) is 30.0. The largest absolute Gasteiger partial charge is 0.391 e. The quantitative estimate of drug-likeness (QED) is 0.582. The van der Waals surface area contributed by atoms with Gasteiger partial charge in [-0.3, -0.25) is 4.79 Å². The number of likely N-dealkylation sites (tertiary alicyclic amines) is 1. The van der Waals surface area contributed by atoms with Gasteiger partial charge in [-0.15, -0.1) is 6.58 Å². The molecule has 0 radical (unpaired) electrons. The van der Waals surface area contributed by atoms with Gasteiger partial charge < -0.3 is 10.0 Å². The summed E-state index contributed by atoms with van der Waals surface area (Å²) >= 11 is 0. The van der Waals surface area contributed by atoms with Gasteiger partial charge in [-0.05, 0) is 12.8 Å². The zero-order chi connectivity index (χ0) is 9.14. The number of piperidine rings is 1. The van der Waals surface area contributed by atoms with Gasteiger partial charge in [0.2, 0.25) is 5.91 Å². The highest BCUT2D eigenvalue weighted by Crippen LogP contribution is 2.18. The minimum Gasteiger partial charge on any atom is -0.391 e. The molecule has 1 amide bonds. The van der Waals surface area contributed by atoms with Crippen LogP contribution in [-0.2, 0) is 4.79 Å². The fourth-order valence-corrected chi connectivity index (χ4v) is 1.65. The molecular formula is C9H15NO2. The van der Waals surface area contributed by atoms with Gasteiger partial charge in [-0.25, -0.2) is 0 Å². The molecule has 2 atom stereocenters. The number of aliphatic hydroxyl groups is 1. The number of amides is 1. The Kier molecular flexibility index (Phi) is 2.87. The van der Waals surface area contributed by atoms with Crippen molar-refractivity contribution in [3.8, 4) is 0 Å². The summed E-state index contributed by atoms with van der Waals surface area (Å²) < 4.78 is 0. The highest BCUT2D eigenvalue weighted by atomic mass is 16.3. The number of hydrogen-bond acceptors (Lipinski definition) is 2. The van der Waals surface area contributed by atoms with E-state index in [2.05, 4.69) is 6.58 Å². The van der Waals surface area contributed by atoms with Gasteiger partial charge in [0.25, 0.3) is 0 Å². The molecule has 0 bridgehead atoms. The molecule has 1 aliphatic heterocycles. The molecule has 68 valence electrons. The molecule has 0 unspecified atom stereocenters. The van der Waals surface area contributed by atoms with Crippen molar-refractivity contribution in [3.63, 3.8) is 0 Å². The molecule has 3 nitrogen and oxygen atoms in total. The van der Waals surface area contributed by atoms with Gasteiger partial charge in [0.1, 0.15) is 0 Å². The van der Waals surface area contributed by atoms with Crippen LogP contribution >= 0.6 is 0 Å². The first-order valence-electron chi connectivity index (χ1n) is 4.24. The number of carbonyl (C=O) groups excluding carboxylic acids is 1. The van der Waals surface area contributed by atoms with Crippen molar-refractivity contribution in [2.24, 2.45) is 0 Å². The van der Waals surface area contributed by atoms with E-state index in [-0.39, 0.29) is 11.9 Å². The monoisotopic (exact) mass is 169 g/mol. The Balaban J connectivity index is 2.70. The summed E-state index contributed by atoms with van der Waals surface area (Å²) in [5.74, 6) is 0.0126. The third-order valence-corrected chi connectivity index (χ3v) is 2.30. The summed E-state index contributed by atoms with van der Waals surface area (Å²) in [5.41, 5.74) is 0. The van der Waals surface area contributed by atoms with Crippen LogP contribution in [0.4, 0.5) is 0 Å². The van der Waals surface area contributed by atoms with Crippen LogP contribution in [0.15, 0.2) is 12.7 Å². The minimum absolute atomic E-state index is 0.0126. The van der Waals surface area contributed by atoms with Gasteiger partial charge in [0.05, 0.1) is 12.1 Å². The number of hydrogen-bond donors (Lipinski definition) is 1. The van der Waals surface area contributed by atoms with Crippen LogP contribution in [-0.4, -0.2) is 34.6 Å². The van der Waals surface area contributed by atoms with Crippen molar-refractivity contribution < 1.29 is 9.90 Å². The summed E-state index contributed by atoms with van der Waals surface area (Å²) in [6.07, 6.45) is 2.86. The smallest absolute Gasteiger partial charge is 0.220 e. The predicted molar refractivity (Wildman–Crippen MR) is 46.6 cm³/mol. The van der Waals surface area contributed by atoms with E-state index >= 15 is 0 Å². The average molecular weight is 169 g/mol. The van der Waals surface area contributed by atoms with Crippen LogP contribution in [0.25, 0.3) is 0 Å². The zero-order valence-corrected chi connectivity index (χ0v) is 7.36. The summed E-state index contributed by atoms with van der Waals surface area (Å²) in [6.45, 7) is 5.88. The Hall–Kier alpha value is -0.830. The molecule has 1 heterocycles. The number of carbonyl (C=O) groups is 1. The first-order valence-corrected chi connectivity index (χ1v) is 4.24. The molecule has 3 heteroatoms. The second kappa shape index (κ2) is 3.72. The van der Waals surface area contributed by atoms with E-state index in [1.807, 2.05) is 0 Å². The fourth-order valence-electron chi connectivity index (χ4n) is 1.65. The van der Waals surface area contributed by atoms with Crippen molar-refractivity contribution in [1.82, 2.24) is 4.90 Å². The van der Waals surface area contributed by atoms with Crippen molar-refractivity contribution in [2.45, 2.75) is 31.9 Å². The van der Waals surface area contributed by atoms with Gasteiger partial charge >= 0.3 is 0 Å². The maximum atomic E-state index is 11.1. The van der Waals surface area contributed by atoms with Gasteiger partial charge in [-0.1, -0.05) is 6.08 Å². The van der Waals surface area contributed by atoms with E-state index in [9.17, 15) is 9.90 Å². The van der Waals surface area contributed by atoms with E-state index < -0.39 is 6.10 Å². The van der Waals surface area contributed by atoms with Crippen LogP contribution in [0.1, 0.15) is 19.8 Å². The summed E-state index contributed by atoms with van der Waals surface area (Å²) in [5, 5.41) is 9.52. The number of aliphatic hydroxyl groups excluding tert-OH is 1. The molecule has 0 aliphatic carbocycles. The van der Waals surface area contributed by atoms with E-state index in [0.717, 1.165) is 19.4 Å². The molecule has 1 saturated heterocycles. The Morgan fingerprint density at radius 1 is 1.75 bits per heavy atom. The lowest BCUT2D eigenvalue weighted by Crippen LogP contribution is -2.49. The molecule has 1 rings (SSSR count). The molecular weight excluding hydrogens is 154 g/mol. The van der Waals surface area contributed by atoms with Gasteiger partial charge in [0.15, 0.2) is 0 Å². The molecule has 0 aromatic carbocycles. The molecule has 1 fully saturated rings. The Labute approximate surface area is 72.7 Å². The van der Waals surface area contributed by atoms with Crippen LogP contribution in [0.5, 0.6) is 0 Å². The molecule has 0 saturated carbocycles. The van der Waals surface area contributed by atoms with E-state index in [0.29, 0.717) is 0 Å².